The Labute approximate surface area is 99.6 Å². The number of halogens is 1. The average molecular weight is 240 g/mol. The first kappa shape index (κ1) is 13.4. The Kier molecular flexibility index (Phi) is 4.84. The highest BCUT2D eigenvalue weighted by Crippen LogP contribution is 2.14. The smallest absolute Gasteiger partial charge is 0.254 e. The maximum absolute atomic E-state index is 13.7. The van der Waals surface area contributed by atoms with E-state index in [0.717, 1.165) is 12.8 Å². The molecule has 5 nitrogen and oxygen atoms in total. The van der Waals surface area contributed by atoms with Crippen LogP contribution >= 0.6 is 0 Å². The van der Waals surface area contributed by atoms with Crippen LogP contribution in [0.3, 0.4) is 0 Å². The van der Waals surface area contributed by atoms with E-state index in [1.807, 2.05) is 13.8 Å². The molecule has 0 bridgehead atoms. The fourth-order valence-electron chi connectivity index (χ4n) is 1.48. The SMILES string of the molecule is CCC(CC)NC(=O)c1ccnc(NN)c1F. The van der Waals surface area contributed by atoms with Gasteiger partial charge in [0.2, 0.25) is 0 Å². The molecule has 17 heavy (non-hydrogen) atoms. The van der Waals surface area contributed by atoms with E-state index in [-0.39, 0.29) is 17.4 Å². The number of nitrogens with two attached hydrogens (primary N) is 1. The molecule has 1 rings (SSSR count). The third kappa shape index (κ3) is 3.13. The maximum atomic E-state index is 13.7. The van der Waals surface area contributed by atoms with Crippen LogP contribution in [0.25, 0.3) is 0 Å². The van der Waals surface area contributed by atoms with E-state index in [9.17, 15) is 9.18 Å². The van der Waals surface area contributed by atoms with Crippen LogP contribution in [-0.2, 0) is 0 Å². The summed E-state index contributed by atoms with van der Waals surface area (Å²) in [5, 5.41) is 2.75. The topological polar surface area (TPSA) is 80.0 Å². The van der Waals surface area contributed by atoms with Crippen molar-refractivity contribution in [3.8, 4) is 0 Å². The Morgan fingerprint density at radius 2 is 2.18 bits per heavy atom. The van der Waals surface area contributed by atoms with Crippen molar-refractivity contribution in [1.29, 1.82) is 0 Å². The summed E-state index contributed by atoms with van der Waals surface area (Å²) >= 11 is 0. The predicted octanol–water partition coefficient (Wildman–Crippen LogP) is 1.42. The highest BCUT2D eigenvalue weighted by molar-refractivity contribution is 5.95. The molecule has 0 fully saturated rings. The van der Waals surface area contributed by atoms with Gasteiger partial charge in [0.15, 0.2) is 11.6 Å². The Hall–Kier alpha value is -1.69. The second kappa shape index (κ2) is 6.15. The fraction of sp³-hybridized carbons (Fsp3) is 0.455. The normalized spacial score (nSPS) is 10.4. The number of hydrogen-bond acceptors (Lipinski definition) is 4. The van der Waals surface area contributed by atoms with Gasteiger partial charge in [-0.1, -0.05) is 13.8 Å². The van der Waals surface area contributed by atoms with Crippen LogP contribution in [0.2, 0.25) is 0 Å². The number of amides is 1. The number of carbonyl (C=O) groups is 1. The van der Waals surface area contributed by atoms with Crippen LogP contribution in [0.4, 0.5) is 10.2 Å². The van der Waals surface area contributed by atoms with Gasteiger partial charge < -0.3 is 10.7 Å². The number of nitrogens with one attached hydrogen (secondary N) is 2. The summed E-state index contributed by atoms with van der Waals surface area (Å²) in [4.78, 5) is 15.5. The van der Waals surface area contributed by atoms with Gasteiger partial charge in [0.05, 0.1) is 5.56 Å². The summed E-state index contributed by atoms with van der Waals surface area (Å²) in [6.07, 6.45) is 2.94. The van der Waals surface area contributed by atoms with Crippen LogP contribution in [0, 0.1) is 5.82 Å². The van der Waals surface area contributed by atoms with Crippen LogP contribution in [-0.4, -0.2) is 16.9 Å². The molecule has 1 amide bonds. The number of aromatic nitrogens is 1. The highest BCUT2D eigenvalue weighted by atomic mass is 19.1. The largest absolute Gasteiger partial charge is 0.349 e. The van der Waals surface area contributed by atoms with Crippen molar-refractivity contribution in [3.05, 3.63) is 23.6 Å². The van der Waals surface area contributed by atoms with Crippen LogP contribution in [0.5, 0.6) is 0 Å². The molecule has 1 aromatic rings. The number of hydrogen-bond donors (Lipinski definition) is 3. The molecule has 4 N–H and O–H groups in total. The van der Waals surface area contributed by atoms with Crippen molar-refractivity contribution in [3.63, 3.8) is 0 Å². The summed E-state index contributed by atoms with van der Waals surface area (Å²) in [6.45, 7) is 3.93. The quantitative estimate of drug-likeness (QED) is 0.537. The highest BCUT2D eigenvalue weighted by Gasteiger charge is 2.17. The Bertz CT molecular complexity index is 393. The number of hydrazine groups is 1. The first-order chi connectivity index (χ1) is 8.13. The molecule has 0 aliphatic rings. The number of nitrogens with zero attached hydrogens (tertiary/aromatic N) is 1. The van der Waals surface area contributed by atoms with E-state index in [1.165, 1.54) is 12.3 Å². The molecule has 0 spiro atoms. The number of pyridine rings is 1. The summed E-state index contributed by atoms with van der Waals surface area (Å²) in [5.41, 5.74) is 2.05. The summed E-state index contributed by atoms with van der Waals surface area (Å²) < 4.78 is 13.7. The van der Waals surface area contributed by atoms with Gasteiger partial charge in [-0.05, 0) is 18.9 Å². The molecule has 94 valence electrons. The third-order valence-corrected chi connectivity index (χ3v) is 2.59. The van der Waals surface area contributed by atoms with Gasteiger partial charge in [-0.3, -0.25) is 4.79 Å². The summed E-state index contributed by atoms with van der Waals surface area (Å²) in [7, 11) is 0. The molecule has 0 aliphatic heterocycles. The van der Waals surface area contributed by atoms with Crippen molar-refractivity contribution < 1.29 is 9.18 Å². The Morgan fingerprint density at radius 3 is 2.71 bits per heavy atom. The minimum absolute atomic E-state index is 0.0457. The van der Waals surface area contributed by atoms with Crippen molar-refractivity contribution in [2.24, 2.45) is 5.84 Å². The van der Waals surface area contributed by atoms with Gasteiger partial charge in [-0.2, -0.15) is 0 Å². The molecule has 0 aliphatic carbocycles. The predicted molar refractivity (Wildman–Crippen MR) is 63.8 cm³/mol. The lowest BCUT2D eigenvalue weighted by molar-refractivity contribution is 0.0930. The minimum Gasteiger partial charge on any atom is -0.349 e. The minimum atomic E-state index is -0.738. The van der Waals surface area contributed by atoms with Crippen LogP contribution in [0.1, 0.15) is 37.0 Å². The molecular formula is C11H17FN4O. The fourth-order valence-corrected chi connectivity index (χ4v) is 1.48. The molecule has 0 unspecified atom stereocenters. The van der Waals surface area contributed by atoms with E-state index >= 15 is 0 Å². The molecule has 0 aromatic carbocycles. The standard InChI is InChI=1S/C11H17FN4O/c1-3-7(4-2)15-11(17)8-5-6-14-10(16-13)9(8)12/h5-7H,3-4,13H2,1-2H3,(H,14,16)(H,15,17). The first-order valence-corrected chi connectivity index (χ1v) is 5.55. The first-order valence-electron chi connectivity index (χ1n) is 5.55. The maximum Gasteiger partial charge on any atom is 0.254 e. The molecule has 0 atom stereocenters. The molecular weight excluding hydrogens is 223 g/mol. The lowest BCUT2D eigenvalue weighted by atomic mass is 10.1. The summed E-state index contributed by atoms with van der Waals surface area (Å²) in [5.74, 6) is 3.77. The molecule has 0 radical (unpaired) electrons. The third-order valence-electron chi connectivity index (χ3n) is 2.59. The van der Waals surface area contributed by atoms with Crippen molar-refractivity contribution >= 4 is 11.7 Å². The van der Waals surface area contributed by atoms with Crippen molar-refractivity contribution in [2.45, 2.75) is 32.7 Å². The molecule has 1 aromatic heterocycles. The number of rotatable bonds is 5. The van der Waals surface area contributed by atoms with Crippen molar-refractivity contribution in [2.75, 3.05) is 5.43 Å². The molecule has 0 saturated heterocycles. The van der Waals surface area contributed by atoms with Gasteiger partial charge in [0.25, 0.3) is 5.91 Å². The Balaban J connectivity index is 2.89. The lowest BCUT2D eigenvalue weighted by Crippen LogP contribution is -2.34. The van der Waals surface area contributed by atoms with E-state index < -0.39 is 11.7 Å². The van der Waals surface area contributed by atoms with Gasteiger partial charge in [-0.25, -0.2) is 15.2 Å². The second-order valence-corrected chi connectivity index (χ2v) is 3.65. The molecule has 6 heteroatoms. The zero-order valence-corrected chi connectivity index (χ0v) is 9.96. The zero-order chi connectivity index (χ0) is 12.8. The van der Waals surface area contributed by atoms with Gasteiger partial charge in [-0.15, -0.1) is 0 Å². The van der Waals surface area contributed by atoms with E-state index in [0.29, 0.717) is 0 Å². The number of anilines is 1. The molecule has 0 saturated carbocycles. The van der Waals surface area contributed by atoms with Gasteiger partial charge in [0.1, 0.15) is 0 Å². The van der Waals surface area contributed by atoms with E-state index in [4.69, 9.17) is 5.84 Å². The number of carbonyl (C=O) groups excluding carboxylic acids is 1. The monoisotopic (exact) mass is 240 g/mol. The van der Waals surface area contributed by atoms with Crippen LogP contribution < -0.4 is 16.6 Å². The zero-order valence-electron chi connectivity index (χ0n) is 9.96. The average Bonchev–Trinajstić information content (AvgIpc) is 2.35. The Morgan fingerprint density at radius 1 is 1.53 bits per heavy atom. The van der Waals surface area contributed by atoms with Gasteiger partial charge in [0, 0.05) is 12.2 Å². The van der Waals surface area contributed by atoms with E-state index in [1.54, 1.807) is 0 Å². The molecule has 1 heterocycles. The van der Waals surface area contributed by atoms with Crippen LogP contribution in [0.15, 0.2) is 12.3 Å². The lowest BCUT2D eigenvalue weighted by Gasteiger charge is -2.15. The second-order valence-electron chi connectivity index (χ2n) is 3.65. The van der Waals surface area contributed by atoms with Gasteiger partial charge >= 0.3 is 0 Å². The summed E-state index contributed by atoms with van der Waals surface area (Å²) in [6, 6.07) is 1.37. The van der Waals surface area contributed by atoms with E-state index in [2.05, 4.69) is 15.7 Å². The van der Waals surface area contributed by atoms with Crippen molar-refractivity contribution in [1.82, 2.24) is 10.3 Å². The number of nitrogen functional groups attached to an aromatic ring is 1.